The highest BCUT2D eigenvalue weighted by molar-refractivity contribution is 7.85. The van der Waals surface area contributed by atoms with Crippen molar-refractivity contribution in [3.8, 4) is 10.8 Å². The first-order chi connectivity index (χ1) is 11.3. The molecule has 0 atom stereocenters. The Labute approximate surface area is 150 Å². The Balaban J connectivity index is 0.000000177. The van der Waals surface area contributed by atoms with Crippen LogP contribution in [0.2, 0.25) is 0 Å². The Morgan fingerprint density at radius 1 is 1.00 bits per heavy atom. The maximum Gasteiger partial charge on any atom is 0.294 e. The summed E-state index contributed by atoms with van der Waals surface area (Å²) < 4.78 is 35.1. The zero-order chi connectivity index (χ0) is 17.6. The van der Waals surface area contributed by atoms with Crippen LogP contribution in [-0.4, -0.2) is 13.0 Å². The van der Waals surface area contributed by atoms with Gasteiger partial charge in [0.1, 0.15) is 5.75 Å². The van der Waals surface area contributed by atoms with Crippen molar-refractivity contribution in [3.05, 3.63) is 71.6 Å². The van der Waals surface area contributed by atoms with Crippen LogP contribution in [-0.2, 0) is 10.1 Å². The molecule has 4 nitrogen and oxygen atoms in total. The average Bonchev–Trinajstić information content (AvgIpc) is 3.03. The van der Waals surface area contributed by atoms with Crippen LogP contribution in [0.3, 0.4) is 0 Å². The molecular weight excluding hydrogens is 364 g/mol. The van der Waals surface area contributed by atoms with E-state index in [1.54, 1.807) is 23.5 Å². The summed E-state index contributed by atoms with van der Waals surface area (Å²) in [7, 11) is -4.02. The smallest absolute Gasteiger partial charge is 0.294 e. The molecule has 0 radical (unpaired) electrons. The molecule has 24 heavy (non-hydrogen) atoms. The fourth-order valence-corrected chi connectivity index (χ4v) is 2.88. The molecule has 126 valence electrons. The molecule has 0 aliphatic carbocycles. The SMILES string of the molecule is Cc1ccc(S(=O)(=O)O)cc1.Sc1ccc(Oc2cccs2)cc1. The first-order valence-corrected chi connectivity index (χ1v) is 9.66. The molecule has 0 unspecified atom stereocenters. The third kappa shape index (κ3) is 6.01. The van der Waals surface area contributed by atoms with Gasteiger partial charge in [-0.25, -0.2) is 0 Å². The maximum absolute atomic E-state index is 10.5. The van der Waals surface area contributed by atoms with Gasteiger partial charge in [0.15, 0.2) is 5.06 Å². The Kier molecular flexibility index (Phi) is 6.44. The van der Waals surface area contributed by atoms with Gasteiger partial charge in [-0.15, -0.1) is 24.0 Å². The predicted octanol–water partition coefficient (Wildman–Crippen LogP) is 5.07. The largest absolute Gasteiger partial charge is 0.447 e. The van der Waals surface area contributed by atoms with Crippen LogP contribution >= 0.6 is 24.0 Å². The fraction of sp³-hybridized carbons (Fsp3) is 0.0588. The summed E-state index contributed by atoms with van der Waals surface area (Å²) in [4.78, 5) is 0.877. The van der Waals surface area contributed by atoms with Crippen LogP contribution < -0.4 is 4.74 Å². The number of thiol groups is 1. The molecule has 0 bridgehead atoms. The van der Waals surface area contributed by atoms with Crippen LogP contribution in [0.4, 0.5) is 0 Å². The molecule has 0 aliphatic heterocycles. The Morgan fingerprint density at radius 3 is 2.12 bits per heavy atom. The average molecular weight is 381 g/mol. The Bertz CT molecular complexity index is 853. The van der Waals surface area contributed by atoms with E-state index in [4.69, 9.17) is 9.29 Å². The van der Waals surface area contributed by atoms with Crippen molar-refractivity contribution in [1.82, 2.24) is 0 Å². The number of rotatable bonds is 3. The fourth-order valence-electron chi connectivity index (χ4n) is 1.66. The van der Waals surface area contributed by atoms with Crippen molar-refractivity contribution < 1.29 is 17.7 Å². The van der Waals surface area contributed by atoms with Crippen molar-refractivity contribution >= 4 is 34.1 Å². The van der Waals surface area contributed by atoms with Gasteiger partial charge in [0, 0.05) is 4.90 Å². The summed E-state index contributed by atoms with van der Waals surface area (Å²) in [5.41, 5.74) is 0.956. The molecular formula is C17H16O4S3. The second-order valence-electron chi connectivity index (χ2n) is 4.82. The summed E-state index contributed by atoms with van der Waals surface area (Å²) >= 11 is 5.77. The summed E-state index contributed by atoms with van der Waals surface area (Å²) in [5, 5.41) is 2.90. The highest BCUT2D eigenvalue weighted by Gasteiger charge is 2.06. The van der Waals surface area contributed by atoms with Crippen LogP contribution in [0.5, 0.6) is 10.8 Å². The van der Waals surface area contributed by atoms with Crippen LogP contribution in [0, 0.1) is 6.92 Å². The monoisotopic (exact) mass is 380 g/mol. The second kappa shape index (κ2) is 8.34. The molecule has 1 heterocycles. The molecule has 3 rings (SSSR count). The van der Waals surface area contributed by atoms with Gasteiger partial charge in [-0.3, -0.25) is 4.55 Å². The zero-order valence-corrected chi connectivity index (χ0v) is 15.3. The summed E-state index contributed by atoms with van der Waals surface area (Å²) in [6.45, 7) is 1.84. The van der Waals surface area contributed by atoms with Gasteiger partial charge in [-0.1, -0.05) is 17.7 Å². The number of thiophene rings is 1. The second-order valence-corrected chi connectivity index (χ2v) is 7.66. The molecule has 2 aromatic carbocycles. The molecule has 3 aromatic rings. The van der Waals surface area contributed by atoms with Crippen molar-refractivity contribution in [2.75, 3.05) is 0 Å². The number of benzene rings is 2. The van der Waals surface area contributed by atoms with Gasteiger partial charge in [0.2, 0.25) is 0 Å². The topological polar surface area (TPSA) is 63.6 Å². The maximum atomic E-state index is 10.5. The van der Waals surface area contributed by atoms with E-state index >= 15 is 0 Å². The molecule has 0 aliphatic rings. The number of ether oxygens (including phenoxy) is 1. The van der Waals surface area contributed by atoms with Crippen molar-refractivity contribution in [2.45, 2.75) is 16.7 Å². The number of hydrogen-bond donors (Lipinski definition) is 2. The van der Waals surface area contributed by atoms with E-state index in [0.29, 0.717) is 0 Å². The van der Waals surface area contributed by atoms with Crippen LogP contribution in [0.1, 0.15) is 5.56 Å². The highest BCUT2D eigenvalue weighted by atomic mass is 32.2. The molecule has 0 saturated heterocycles. The van der Waals surface area contributed by atoms with E-state index in [-0.39, 0.29) is 4.90 Å². The molecule has 0 amide bonds. The summed E-state index contributed by atoms with van der Waals surface area (Å²) in [6.07, 6.45) is 0. The number of hydrogen-bond acceptors (Lipinski definition) is 5. The quantitative estimate of drug-likeness (QED) is 0.492. The lowest BCUT2D eigenvalue weighted by Gasteiger charge is -2.01. The van der Waals surface area contributed by atoms with Gasteiger partial charge >= 0.3 is 0 Å². The molecule has 1 aromatic heterocycles. The lowest BCUT2D eigenvalue weighted by molar-refractivity contribution is 0.483. The van der Waals surface area contributed by atoms with Crippen LogP contribution in [0.15, 0.2) is 75.8 Å². The Morgan fingerprint density at radius 2 is 1.62 bits per heavy atom. The van der Waals surface area contributed by atoms with Crippen LogP contribution in [0.25, 0.3) is 0 Å². The minimum Gasteiger partial charge on any atom is -0.447 e. The van der Waals surface area contributed by atoms with Gasteiger partial charge in [0.05, 0.1) is 4.90 Å². The van der Waals surface area contributed by atoms with E-state index in [1.807, 2.05) is 48.7 Å². The van der Waals surface area contributed by atoms with Gasteiger partial charge in [-0.05, 0) is 60.8 Å². The van der Waals surface area contributed by atoms with Crippen molar-refractivity contribution in [1.29, 1.82) is 0 Å². The van der Waals surface area contributed by atoms with Gasteiger partial charge in [0.25, 0.3) is 10.1 Å². The third-order valence-corrected chi connectivity index (χ3v) is 4.78. The zero-order valence-electron chi connectivity index (χ0n) is 12.8. The van der Waals surface area contributed by atoms with E-state index in [0.717, 1.165) is 21.3 Å². The summed E-state index contributed by atoms with van der Waals surface area (Å²) in [5.74, 6) is 0.847. The molecule has 0 spiro atoms. The third-order valence-electron chi connectivity index (χ3n) is 2.87. The van der Waals surface area contributed by atoms with Gasteiger partial charge < -0.3 is 4.74 Å². The first-order valence-electron chi connectivity index (χ1n) is 6.89. The minimum atomic E-state index is -4.02. The summed E-state index contributed by atoms with van der Waals surface area (Å²) in [6, 6.07) is 17.5. The lowest BCUT2D eigenvalue weighted by Crippen LogP contribution is -1.96. The normalized spacial score (nSPS) is 10.6. The van der Waals surface area contributed by atoms with E-state index < -0.39 is 10.1 Å². The van der Waals surface area contributed by atoms with Crippen molar-refractivity contribution in [3.63, 3.8) is 0 Å². The molecule has 0 fully saturated rings. The number of aryl methyl sites for hydroxylation is 1. The van der Waals surface area contributed by atoms with E-state index in [9.17, 15) is 8.42 Å². The Hall–Kier alpha value is -1.80. The first kappa shape index (κ1) is 18.5. The molecule has 0 saturated carbocycles. The van der Waals surface area contributed by atoms with E-state index in [1.165, 1.54) is 12.1 Å². The predicted molar refractivity (Wildman–Crippen MR) is 99.1 cm³/mol. The standard InChI is InChI=1S/C10H8OS2.C7H8O3S/c12-9-5-3-8(4-6-9)11-10-2-1-7-13-10;1-6-2-4-7(5-3-6)11(8,9)10/h1-7,12H;2-5H,1H3,(H,8,9,10). The van der Waals surface area contributed by atoms with E-state index in [2.05, 4.69) is 12.6 Å². The minimum absolute atomic E-state index is 0.0666. The van der Waals surface area contributed by atoms with Crippen molar-refractivity contribution in [2.24, 2.45) is 0 Å². The van der Waals surface area contributed by atoms with Gasteiger partial charge in [-0.2, -0.15) is 8.42 Å². The molecule has 7 heteroatoms. The highest BCUT2D eigenvalue weighted by Crippen LogP contribution is 2.26. The molecule has 1 N–H and O–H groups in total. The lowest BCUT2D eigenvalue weighted by atomic mass is 10.2.